The highest BCUT2D eigenvalue weighted by Gasteiger charge is 2.21. The first-order chi connectivity index (χ1) is 36.2. The van der Waals surface area contributed by atoms with Crippen LogP contribution in [0, 0.1) is 0 Å². The molecule has 0 bridgehead atoms. The van der Waals surface area contributed by atoms with Gasteiger partial charge in [0.15, 0.2) is 5.82 Å². The lowest BCUT2D eigenvalue weighted by Gasteiger charge is -2.17. The maximum Gasteiger partial charge on any atom is 0.164 e. The third-order valence-electron chi connectivity index (χ3n) is 14.0. The minimum Gasteiger partial charge on any atom is -0.291 e. The van der Waals surface area contributed by atoms with Gasteiger partial charge in [0.1, 0.15) is 5.69 Å². The fraction of sp³-hybridized carbons (Fsp3) is 0. The van der Waals surface area contributed by atoms with Crippen molar-refractivity contribution >= 4 is 54.1 Å². The number of rotatable bonds is 8. The third-order valence-corrected chi connectivity index (χ3v) is 14.0. The highest BCUT2D eigenvalue weighted by Crippen LogP contribution is 2.42. The van der Waals surface area contributed by atoms with Crippen molar-refractivity contribution in [2.45, 2.75) is 0 Å². The van der Waals surface area contributed by atoms with Gasteiger partial charge in [-0.3, -0.25) is 24.5 Å². The molecule has 7 heteroatoms. The second-order valence-electron chi connectivity index (χ2n) is 18.5. The quantitative estimate of drug-likeness (QED) is 0.151. The van der Waals surface area contributed by atoms with Crippen LogP contribution in [0.15, 0.2) is 250 Å². The molecule has 14 aromatic rings. The molecule has 340 valence electrons. The highest BCUT2D eigenvalue weighted by molar-refractivity contribution is 6.03. The van der Waals surface area contributed by atoms with Gasteiger partial charge < -0.3 is 0 Å². The molecule has 0 fully saturated rings. The topological polar surface area (TPSA) is 82.3 Å². The lowest BCUT2D eigenvalue weighted by molar-refractivity contribution is 1.08. The first kappa shape index (κ1) is 41.9. The van der Waals surface area contributed by atoms with Gasteiger partial charge in [-0.1, -0.05) is 127 Å². The standard InChI is InChI=1S/C66H41N7/c1-2-18-53(19-3-1)73-65-25-13-12-24-62(65)72-66(73)64-33-47(46-26-48(58-38-67-34-42-14-4-8-20-54(42)58)28-49(27-46)59-39-68-35-43-15-5-9-21-55(43)59)32-63(71-64)52-30-50(60-40-69-36-44-16-6-10-22-56(44)60)29-51(31-52)61-41-70-37-45-17-7-11-23-57(45)61/h1-41H. The Morgan fingerprint density at radius 1 is 0.274 bits per heavy atom. The normalized spacial score (nSPS) is 11.6. The average Bonchev–Trinajstić information content (AvgIpc) is 3.86. The summed E-state index contributed by atoms with van der Waals surface area (Å²) < 4.78 is 2.22. The number of hydrogen-bond donors (Lipinski definition) is 0. The van der Waals surface area contributed by atoms with Gasteiger partial charge >= 0.3 is 0 Å². The third kappa shape index (κ3) is 7.46. The number of para-hydroxylation sites is 3. The van der Waals surface area contributed by atoms with Crippen molar-refractivity contribution in [1.29, 1.82) is 0 Å². The molecular weight excluding hydrogens is 891 g/mol. The van der Waals surface area contributed by atoms with Gasteiger partial charge in [-0.15, -0.1) is 0 Å². The molecule has 7 nitrogen and oxygen atoms in total. The van der Waals surface area contributed by atoms with Crippen LogP contribution in [0.25, 0.3) is 138 Å². The predicted molar refractivity (Wildman–Crippen MR) is 298 cm³/mol. The van der Waals surface area contributed by atoms with Crippen molar-refractivity contribution in [2.75, 3.05) is 0 Å². The molecule has 0 spiro atoms. The number of imidazole rings is 1. The van der Waals surface area contributed by atoms with Crippen LogP contribution in [-0.4, -0.2) is 34.5 Å². The molecule has 8 aromatic carbocycles. The number of aromatic nitrogens is 7. The summed E-state index contributed by atoms with van der Waals surface area (Å²) in [7, 11) is 0. The molecule has 0 aliphatic heterocycles. The number of fused-ring (bicyclic) bond motifs is 5. The van der Waals surface area contributed by atoms with E-state index in [2.05, 4.69) is 193 Å². The van der Waals surface area contributed by atoms with Crippen LogP contribution in [0.2, 0.25) is 0 Å². The van der Waals surface area contributed by atoms with Gasteiger partial charge in [0.05, 0.1) is 16.7 Å². The predicted octanol–water partition coefficient (Wildman–Crippen LogP) is 16.3. The zero-order valence-electron chi connectivity index (χ0n) is 39.3. The molecule has 0 saturated carbocycles. The zero-order valence-corrected chi connectivity index (χ0v) is 39.3. The molecule has 6 aromatic heterocycles. The molecule has 14 rings (SSSR count). The van der Waals surface area contributed by atoms with Crippen LogP contribution in [0.4, 0.5) is 0 Å². The number of pyridine rings is 5. The van der Waals surface area contributed by atoms with E-state index < -0.39 is 0 Å². The Labute approximate surface area is 420 Å². The van der Waals surface area contributed by atoms with E-state index in [4.69, 9.17) is 29.9 Å². The van der Waals surface area contributed by atoms with E-state index in [9.17, 15) is 0 Å². The minimum atomic E-state index is 0.726. The minimum absolute atomic E-state index is 0.726. The summed E-state index contributed by atoms with van der Waals surface area (Å²) in [6, 6.07) is 70.6. The van der Waals surface area contributed by atoms with Gasteiger partial charge in [0.25, 0.3) is 0 Å². The van der Waals surface area contributed by atoms with Gasteiger partial charge in [-0.25, -0.2) is 9.97 Å². The van der Waals surface area contributed by atoms with Crippen molar-refractivity contribution in [1.82, 2.24) is 34.5 Å². The van der Waals surface area contributed by atoms with E-state index in [1.807, 2.05) is 61.7 Å². The second-order valence-corrected chi connectivity index (χ2v) is 18.5. The fourth-order valence-electron chi connectivity index (χ4n) is 10.6. The van der Waals surface area contributed by atoms with Crippen molar-refractivity contribution in [3.8, 4) is 84.1 Å². The summed E-state index contributed by atoms with van der Waals surface area (Å²) >= 11 is 0. The molecule has 73 heavy (non-hydrogen) atoms. The van der Waals surface area contributed by atoms with Gasteiger partial charge in [-0.05, 0) is 128 Å². The summed E-state index contributed by atoms with van der Waals surface area (Å²) in [4.78, 5) is 30.2. The summed E-state index contributed by atoms with van der Waals surface area (Å²) in [6.07, 6.45) is 15.6. The first-order valence-electron chi connectivity index (χ1n) is 24.4. The van der Waals surface area contributed by atoms with Crippen LogP contribution in [0.3, 0.4) is 0 Å². The first-order valence-corrected chi connectivity index (χ1v) is 24.4. The van der Waals surface area contributed by atoms with Gasteiger partial charge in [0.2, 0.25) is 0 Å². The largest absolute Gasteiger partial charge is 0.291 e. The molecule has 0 saturated heterocycles. The number of nitrogens with zero attached hydrogens (tertiary/aromatic N) is 7. The smallest absolute Gasteiger partial charge is 0.164 e. The molecule has 0 N–H and O–H groups in total. The van der Waals surface area contributed by atoms with E-state index in [0.717, 1.165) is 138 Å². The number of hydrogen-bond acceptors (Lipinski definition) is 6. The summed E-state index contributed by atoms with van der Waals surface area (Å²) in [5, 5.41) is 8.77. The Kier molecular flexibility index (Phi) is 10.0. The van der Waals surface area contributed by atoms with E-state index >= 15 is 0 Å². The Hall–Kier alpha value is -9.98. The Morgan fingerprint density at radius 2 is 0.644 bits per heavy atom. The van der Waals surface area contributed by atoms with Crippen LogP contribution < -0.4 is 0 Å². The molecule has 0 radical (unpaired) electrons. The van der Waals surface area contributed by atoms with Crippen molar-refractivity contribution in [2.24, 2.45) is 0 Å². The molecule has 6 heterocycles. The van der Waals surface area contributed by atoms with Crippen LogP contribution in [0.5, 0.6) is 0 Å². The zero-order chi connectivity index (χ0) is 48.2. The lowest BCUT2D eigenvalue weighted by atomic mass is 9.90. The molecule has 0 amide bonds. The Balaban J connectivity index is 1.08. The molecule has 0 aliphatic carbocycles. The van der Waals surface area contributed by atoms with E-state index in [1.54, 1.807) is 0 Å². The maximum absolute atomic E-state index is 5.68. The molecule has 0 atom stereocenters. The lowest BCUT2D eigenvalue weighted by Crippen LogP contribution is -2.00. The second kappa shape index (κ2) is 17.5. The van der Waals surface area contributed by atoms with Gasteiger partial charge in [-0.2, -0.15) is 0 Å². The Morgan fingerprint density at radius 3 is 1.12 bits per heavy atom. The van der Waals surface area contributed by atoms with Crippen LogP contribution in [-0.2, 0) is 0 Å². The van der Waals surface area contributed by atoms with Crippen LogP contribution in [0.1, 0.15) is 0 Å². The summed E-state index contributed by atoms with van der Waals surface area (Å²) in [5.74, 6) is 0.733. The maximum atomic E-state index is 5.68. The van der Waals surface area contributed by atoms with Crippen molar-refractivity contribution < 1.29 is 0 Å². The summed E-state index contributed by atoms with van der Waals surface area (Å²) in [6.45, 7) is 0. The fourth-order valence-corrected chi connectivity index (χ4v) is 10.6. The highest BCUT2D eigenvalue weighted by atomic mass is 15.1. The summed E-state index contributed by atoms with van der Waals surface area (Å²) in [5.41, 5.74) is 15.5. The van der Waals surface area contributed by atoms with Gasteiger partial charge in [0, 0.05) is 105 Å². The Bertz CT molecular complexity index is 4020. The van der Waals surface area contributed by atoms with Crippen LogP contribution >= 0.6 is 0 Å². The SMILES string of the molecule is c1ccc(-n2c(-c3cc(-c4cc(-c5cncc6ccccc56)cc(-c5cncc6ccccc56)c4)cc(-c4cc(-c5cncc6ccccc56)cc(-c5cncc6ccccc56)c4)n3)nc3ccccc32)cc1. The van der Waals surface area contributed by atoms with E-state index in [-0.39, 0.29) is 0 Å². The monoisotopic (exact) mass is 931 g/mol. The van der Waals surface area contributed by atoms with E-state index in [0.29, 0.717) is 0 Å². The number of benzene rings is 8. The van der Waals surface area contributed by atoms with Crippen molar-refractivity contribution in [3.63, 3.8) is 0 Å². The van der Waals surface area contributed by atoms with Crippen molar-refractivity contribution in [3.05, 3.63) is 250 Å². The molecular formula is C66H41N7. The van der Waals surface area contributed by atoms with E-state index in [1.165, 1.54) is 0 Å². The molecule has 0 aliphatic rings. The molecule has 0 unspecified atom stereocenters. The average molecular weight is 932 g/mol.